The van der Waals surface area contributed by atoms with Crippen LogP contribution in [0.25, 0.3) is 0 Å². The van der Waals surface area contributed by atoms with Crippen molar-refractivity contribution in [1.82, 2.24) is 5.32 Å². The van der Waals surface area contributed by atoms with Crippen LogP contribution in [-0.2, 0) is 13.1 Å². The number of rotatable bonds is 6. The summed E-state index contributed by atoms with van der Waals surface area (Å²) >= 11 is 18.6. The van der Waals surface area contributed by atoms with E-state index in [0.29, 0.717) is 28.9 Å². The van der Waals surface area contributed by atoms with E-state index in [9.17, 15) is 0 Å². The summed E-state index contributed by atoms with van der Waals surface area (Å²) in [5.41, 5.74) is 2.05. The zero-order valence-corrected chi connectivity index (χ0v) is 14.8. The van der Waals surface area contributed by atoms with Crippen molar-refractivity contribution in [1.29, 1.82) is 0 Å². The van der Waals surface area contributed by atoms with E-state index in [2.05, 4.69) is 5.32 Å². The second-order valence-corrected chi connectivity index (χ2v) is 6.47. The molecule has 0 saturated carbocycles. The monoisotopic (exact) mass is 357 g/mol. The smallest absolute Gasteiger partial charge is 0.156 e. The van der Waals surface area contributed by atoms with Crippen molar-refractivity contribution >= 4 is 34.8 Å². The summed E-state index contributed by atoms with van der Waals surface area (Å²) in [6.45, 7) is 5.20. The Morgan fingerprint density at radius 3 is 2.18 bits per heavy atom. The quantitative estimate of drug-likeness (QED) is 0.712. The highest BCUT2D eigenvalue weighted by Crippen LogP contribution is 2.35. The maximum atomic E-state index is 6.24. The van der Waals surface area contributed by atoms with Crippen LogP contribution < -0.4 is 10.1 Å². The van der Waals surface area contributed by atoms with E-state index >= 15 is 0 Å². The van der Waals surface area contributed by atoms with Crippen LogP contribution >= 0.6 is 34.8 Å². The van der Waals surface area contributed by atoms with E-state index in [1.165, 1.54) is 0 Å². The molecule has 0 amide bonds. The molecule has 2 aromatic rings. The first kappa shape index (κ1) is 17.4. The number of hydrogen-bond acceptors (Lipinski definition) is 2. The van der Waals surface area contributed by atoms with Crippen LogP contribution in [0.1, 0.15) is 25.0 Å². The minimum absolute atomic E-state index is 0.0270. The lowest BCUT2D eigenvalue weighted by atomic mass is 10.2. The van der Waals surface area contributed by atoms with Crippen molar-refractivity contribution in [3.8, 4) is 5.75 Å². The van der Waals surface area contributed by atoms with E-state index in [0.717, 1.165) is 16.1 Å². The minimum atomic E-state index is 0.0270. The molecule has 0 saturated heterocycles. The highest BCUT2D eigenvalue weighted by atomic mass is 35.5. The number of ether oxygens (including phenoxy) is 1. The summed E-state index contributed by atoms with van der Waals surface area (Å²) < 4.78 is 5.62. The Morgan fingerprint density at radius 2 is 1.59 bits per heavy atom. The molecule has 22 heavy (non-hydrogen) atoms. The molecule has 0 aliphatic heterocycles. The van der Waals surface area contributed by atoms with Crippen LogP contribution in [0.3, 0.4) is 0 Å². The molecule has 2 aromatic carbocycles. The standard InChI is InChI=1S/C17H18Cl3NO/c1-11(2)22-17-15(19)7-12(8-16(17)20)9-21-10-13-5-3-4-6-14(13)18/h3-8,11,21H,9-10H2,1-2H3. The average Bonchev–Trinajstić information content (AvgIpc) is 2.45. The minimum Gasteiger partial charge on any atom is -0.488 e. The lowest BCUT2D eigenvalue weighted by Gasteiger charge is -2.14. The van der Waals surface area contributed by atoms with Crippen molar-refractivity contribution in [2.75, 3.05) is 0 Å². The number of nitrogens with one attached hydrogen (secondary N) is 1. The summed E-state index contributed by atoms with van der Waals surface area (Å²) in [4.78, 5) is 0. The molecule has 118 valence electrons. The summed E-state index contributed by atoms with van der Waals surface area (Å²) in [6.07, 6.45) is 0.0270. The van der Waals surface area contributed by atoms with Gasteiger partial charge < -0.3 is 10.1 Å². The van der Waals surface area contributed by atoms with Crippen molar-refractivity contribution < 1.29 is 4.74 Å². The Bertz CT molecular complexity index is 621. The van der Waals surface area contributed by atoms with Gasteiger partial charge in [0.1, 0.15) is 0 Å². The normalized spacial score (nSPS) is 11.0. The van der Waals surface area contributed by atoms with Gasteiger partial charge in [-0.05, 0) is 43.2 Å². The molecule has 0 radical (unpaired) electrons. The van der Waals surface area contributed by atoms with Gasteiger partial charge in [-0.25, -0.2) is 0 Å². The summed E-state index contributed by atoms with van der Waals surface area (Å²) in [6, 6.07) is 11.5. The van der Waals surface area contributed by atoms with E-state index in [1.54, 1.807) is 0 Å². The predicted octanol–water partition coefficient (Wildman–Crippen LogP) is 5.72. The first-order chi connectivity index (χ1) is 10.5. The Morgan fingerprint density at radius 1 is 0.955 bits per heavy atom. The largest absolute Gasteiger partial charge is 0.488 e. The van der Waals surface area contributed by atoms with Crippen molar-refractivity contribution in [3.05, 3.63) is 62.6 Å². The molecule has 2 nitrogen and oxygen atoms in total. The third-order valence-corrected chi connectivity index (χ3v) is 3.94. The number of halogens is 3. The molecule has 0 heterocycles. The zero-order valence-electron chi connectivity index (χ0n) is 12.5. The van der Waals surface area contributed by atoms with Gasteiger partial charge in [0.15, 0.2) is 5.75 Å². The lowest BCUT2D eigenvalue weighted by molar-refractivity contribution is 0.242. The van der Waals surface area contributed by atoms with Gasteiger partial charge in [-0.15, -0.1) is 0 Å². The first-order valence-electron chi connectivity index (χ1n) is 7.06. The topological polar surface area (TPSA) is 21.3 Å². The highest BCUT2D eigenvalue weighted by molar-refractivity contribution is 6.37. The summed E-state index contributed by atoms with van der Waals surface area (Å²) in [7, 11) is 0. The van der Waals surface area contributed by atoms with Gasteiger partial charge in [0.2, 0.25) is 0 Å². The molecule has 5 heteroatoms. The van der Waals surface area contributed by atoms with Gasteiger partial charge in [-0.1, -0.05) is 53.0 Å². The van der Waals surface area contributed by atoms with Crippen LogP contribution in [0.4, 0.5) is 0 Å². The fourth-order valence-electron chi connectivity index (χ4n) is 2.05. The highest BCUT2D eigenvalue weighted by Gasteiger charge is 2.11. The molecule has 0 spiro atoms. The Hall–Kier alpha value is -0.930. The van der Waals surface area contributed by atoms with Gasteiger partial charge in [0, 0.05) is 18.1 Å². The van der Waals surface area contributed by atoms with E-state index in [4.69, 9.17) is 39.5 Å². The van der Waals surface area contributed by atoms with Crippen LogP contribution in [0.2, 0.25) is 15.1 Å². The average molecular weight is 359 g/mol. The van der Waals surface area contributed by atoms with Gasteiger partial charge >= 0.3 is 0 Å². The maximum absolute atomic E-state index is 6.24. The van der Waals surface area contributed by atoms with Crippen LogP contribution in [0.15, 0.2) is 36.4 Å². The molecule has 1 N–H and O–H groups in total. The van der Waals surface area contributed by atoms with Gasteiger partial charge in [-0.3, -0.25) is 0 Å². The Labute approximate surface area is 146 Å². The van der Waals surface area contributed by atoms with Crippen LogP contribution in [0, 0.1) is 0 Å². The van der Waals surface area contributed by atoms with E-state index in [1.807, 2.05) is 50.2 Å². The Balaban J connectivity index is 2.00. The molecule has 2 rings (SSSR count). The summed E-state index contributed by atoms with van der Waals surface area (Å²) in [5.74, 6) is 0.535. The SMILES string of the molecule is CC(C)Oc1c(Cl)cc(CNCc2ccccc2Cl)cc1Cl. The van der Waals surface area contributed by atoms with Gasteiger partial charge in [0.25, 0.3) is 0 Å². The third kappa shape index (κ3) is 4.79. The first-order valence-corrected chi connectivity index (χ1v) is 8.19. The maximum Gasteiger partial charge on any atom is 0.156 e. The van der Waals surface area contributed by atoms with Crippen molar-refractivity contribution in [2.45, 2.75) is 33.0 Å². The molecular formula is C17H18Cl3NO. The van der Waals surface area contributed by atoms with Crippen LogP contribution in [-0.4, -0.2) is 6.10 Å². The number of benzene rings is 2. The molecule has 0 aliphatic rings. The Kier molecular flexibility index (Phi) is 6.39. The fourth-order valence-corrected chi connectivity index (χ4v) is 2.87. The van der Waals surface area contributed by atoms with Gasteiger partial charge in [-0.2, -0.15) is 0 Å². The molecular weight excluding hydrogens is 341 g/mol. The molecule has 0 aromatic heterocycles. The van der Waals surface area contributed by atoms with E-state index in [-0.39, 0.29) is 6.10 Å². The molecule has 0 bridgehead atoms. The van der Waals surface area contributed by atoms with Crippen LogP contribution in [0.5, 0.6) is 5.75 Å². The van der Waals surface area contributed by atoms with Crippen molar-refractivity contribution in [3.63, 3.8) is 0 Å². The number of hydrogen-bond donors (Lipinski definition) is 1. The lowest BCUT2D eigenvalue weighted by Crippen LogP contribution is -2.13. The third-order valence-electron chi connectivity index (χ3n) is 3.01. The van der Waals surface area contributed by atoms with Gasteiger partial charge in [0.05, 0.1) is 16.1 Å². The molecule has 0 aliphatic carbocycles. The van der Waals surface area contributed by atoms with E-state index < -0.39 is 0 Å². The predicted molar refractivity (Wildman–Crippen MR) is 94.2 cm³/mol. The summed E-state index contributed by atoms with van der Waals surface area (Å²) in [5, 5.41) is 5.13. The zero-order chi connectivity index (χ0) is 16.1. The molecule has 0 atom stereocenters. The molecule has 0 unspecified atom stereocenters. The fraction of sp³-hybridized carbons (Fsp3) is 0.294. The second-order valence-electron chi connectivity index (χ2n) is 5.25. The molecule has 0 fully saturated rings. The second kappa shape index (κ2) is 8.07. The van der Waals surface area contributed by atoms with Crippen molar-refractivity contribution in [2.24, 2.45) is 0 Å².